The molecule has 0 saturated heterocycles. The highest BCUT2D eigenvalue weighted by molar-refractivity contribution is 4.95. The zero-order chi connectivity index (χ0) is 9.80. The minimum atomic E-state index is -0.102. The third-order valence-corrected chi connectivity index (χ3v) is 3.45. The maximum atomic E-state index is 9.82. The minimum Gasteiger partial charge on any atom is -0.392 e. The fourth-order valence-corrected chi connectivity index (χ4v) is 2.55. The molecule has 2 nitrogen and oxygen atoms in total. The zero-order valence-electron chi connectivity index (χ0n) is 8.78. The van der Waals surface area contributed by atoms with Gasteiger partial charge in [-0.15, -0.1) is 0 Å². The van der Waals surface area contributed by atoms with Gasteiger partial charge in [-0.1, -0.05) is 25.0 Å². The Kier molecular flexibility index (Phi) is 3.60. The highest BCUT2D eigenvalue weighted by Gasteiger charge is 2.25. The van der Waals surface area contributed by atoms with Gasteiger partial charge < -0.3 is 10.4 Å². The summed E-state index contributed by atoms with van der Waals surface area (Å²) < 4.78 is 0. The summed E-state index contributed by atoms with van der Waals surface area (Å²) in [4.78, 5) is 0. The molecular formula is C12H21NO. The lowest BCUT2D eigenvalue weighted by Crippen LogP contribution is -2.47. The first kappa shape index (κ1) is 10.2. The van der Waals surface area contributed by atoms with Gasteiger partial charge in [-0.3, -0.25) is 0 Å². The Morgan fingerprint density at radius 1 is 1.07 bits per heavy atom. The van der Waals surface area contributed by atoms with E-state index in [9.17, 15) is 5.11 Å². The van der Waals surface area contributed by atoms with Crippen molar-refractivity contribution in [2.75, 3.05) is 0 Å². The van der Waals surface area contributed by atoms with Crippen LogP contribution in [0.3, 0.4) is 0 Å². The highest BCUT2D eigenvalue weighted by Crippen LogP contribution is 2.20. The minimum absolute atomic E-state index is 0.102. The lowest BCUT2D eigenvalue weighted by Gasteiger charge is -2.32. The molecule has 3 atom stereocenters. The van der Waals surface area contributed by atoms with Gasteiger partial charge in [0.2, 0.25) is 0 Å². The molecule has 2 aliphatic carbocycles. The van der Waals surface area contributed by atoms with Crippen LogP contribution < -0.4 is 5.32 Å². The van der Waals surface area contributed by atoms with E-state index in [4.69, 9.17) is 0 Å². The van der Waals surface area contributed by atoms with Gasteiger partial charge in [-0.2, -0.15) is 0 Å². The average Bonchev–Trinajstić information content (AvgIpc) is 2.23. The molecule has 14 heavy (non-hydrogen) atoms. The number of allylic oxidation sites excluding steroid dienone is 1. The first-order valence-corrected chi connectivity index (χ1v) is 5.95. The third-order valence-electron chi connectivity index (χ3n) is 3.45. The molecule has 0 aromatic heterocycles. The maximum absolute atomic E-state index is 9.82. The van der Waals surface area contributed by atoms with Crippen molar-refractivity contribution in [1.82, 2.24) is 5.32 Å². The zero-order valence-corrected chi connectivity index (χ0v) is 8.78. The van der Waals surface area contributed by atoms with Crippen molar-refractivity contribution in [3.63, 3.8) is 0 Å². The van der Waals surface area contributed by atoms with Crippen LogP contribution in [0.4, 0.5) is 0 Å². The number of hydrogen-bond acceptors (Lipinski definition) is 2. The van der Waals surface area contributed by atoms with Crippen molar-refractivity contribution in [3.8, 4) is 0 Å². The van der Waals surface area contributed by atoms with Gasteiger partial charge in [0.15, 0.2) is 0 Å². The van der Waals surface area contributed by atoms with E-state index >= 15 is 0 Å². The van der Waals surface area contributed by atoms with Gasteiger partial charge in [0.1, 0.15) is 0 Å². The highest BCUT2D eigenvalue weighted by atomic mass is 16.3. The summed E-state index contributed by atoms with van der Waals surface area (Å²) >= 11 is 0. The smallest absolute Gasteiger partial charge is 0.0693 e. The number of aliphatic hydroxyl groups excluding tert-OH is 1. The molecule has 0 bridgehead atoms. The fourth-order valence-electron chi connectivity index (χ4n) is 2.55. The molecule has 80 valence electrons. The summed E-state index contributed by atoms with van der Waals surface area (Å²) in [7, 11) is 0. The molecule has 2 aliphatic rings. The number of nitrogens with one attached hydrogen (secondary N) is 1. The predicted octanol–water partition coefficient (Wildman–Crippen LogP) is 1.99. The lowest BCUT2D eigenvalue weighted by molar-refractivity contribution is 0.0841. The monoisotopic (exact) mass is 195 g/mol. The van der Waals surface area contributed by atoms with Crippen LogP contribution in [0, 0.1) is 0 Å². The largest absolute Gasteiger partial charge is 0.392 e. The van der Waals surface area contributed by atoms with Crippen LogP contribution in [-0.4, -0.2) is 23.3 Å². The molecule has 0 spiro atoms. The number of hydrogen-bond donors (Lipinski definition) is 2. The van der Waals surface area contributed by atoms with Gasteiger partial charge in [0.25, 0.3) is 0 Å². The maximum Gasteiger partial charge on any atom is 0.0693 e. The van der Waals surface area contributed by atoms with Crippen molar-refractivity contribution in [3.05, 3.63) is 12.2 Å². The third kappa shape index (κ3) is 2.58. The topological polar surface area (TPSA) is 32.3 Å². The van der Waals surface area contributed by atoms with E-state index in [2.05, 4.69) is 17.5 Å². The molecular weight excluding hydrogens is 174 g/mol. The molecule has 0 aromatic rings. The van der Waals surface area contributed by atoms with E-state index in [1.807, 2.05) is 0 Å². The van der Waals surface area contributed by atoms with E-state index in [0.29, 0.717) is 12.1 Å². The summed E-state index contributed by atoms with van der Waals surface area (Å²) in [5.41, 5.74) is 0. The van der Waals surface area contributed by atoms with Crippen LogP contribution in [0.2, 0.25) is 0 Å². The quantitative estimate of drug-likeness (QED) is 0.660. The Hall–Kier alpha value is -0.340. The molecule has 2 N–H and O–H groups in total. The molecule has 0 aliphatic heterocycles. The Morgan fingerprint density at radius 3 is 2.64 bits per heavy atom. The van der Waals surface area contributed by atoms with Crippen LogP contribution >= 0.6 is 0 Å². The molecule has 2 heteroatoms. The van der Waals surface area contributed by atoms with Crippen LogP contribution in [0.1, 0.15) is 44.9 Å². The summed E-state index contributed by atoms with van der Waals surface area (Å²) in [6, 6.07) is 0.970. The summed E-state index contributed by atoms with van der Waals surface area (Å²) in [6.45, 7) is 0. The molecule has 3 unspecified atom stereocenters. The second-order valence-corrected chi connectivity index (χ2v) is 4.61. The Labute approximate surface area is 86.4 Å². The van der Waals surface area contributed by atoms with E-state index in [0.717, 1.165) is 19.3 Å². The first-order chi connectivity index (χ1) is 6.86. The Bertz CT molecular complexity index is 202. The summed E-state index contributed by atoms with van der Waals surface area (Å²) in [5.74, 6) is 0. The van der Waals surface area contributed by atoms with E-state index in [1.54, 1.807) is 0 Å². The van der Waals surface area contributed by atoms with Crippen LogP contribution in [0.15, 0.2) is 12.2 Å². The number of rotatable bonds is 2. The predicted molar refractivity (Wildman–Crippen MR) is 58.2 cm³/mol. The summed E-state index contributed by atoms with van der Waals surface area (Å²) in [6.07, 6.45) is 12.6. The van der Waals surface area contributed by atoms with Crippen LogP contribution in [0.25, 0.3) is 0 Å². The van der Waals surface area contributed by atoms with Gasteiger partial charge in [0, 0.05) is 12.1 Å². The normalized spacial score (nSPS) is 38.5. The van der Waals surface area contributed by atoms with E-state index in [-0.39, 0.29) is 6.10 Å². The SMILES string of the molecule is OC1CCCCC1NC1CC=CCC1. The molecule has 1 fully saturated rings. The second kappa shape index (κ2) is 4.94. The Balaban J connectivity index is 1.80. The van der Waals surface area contributed by atoms with Crippen molar-refractivity contribution in [1.29, 1.82) is 0 Å². The standard InChI is InChI=1S/C12H21NO/c14-12-9-5-4-8-11(12)13-10-6-2-1-3-7-10/h1-2,10-14H,3-9H2. The van der Waals surface area contributed by atoms with Crippen molar-refractivity contribution in [2.45, 2.75) is 63.1 Å². The molecule has 0 radical (unpaired) electrons. The van der Waals surface area contributed by atoms with Gasteiger partial charge in [-0.25, -0.2) is 0 Å². The average molecular weight is 195 g/mol. The fraction of sp³-hybridized carbons (Fsp3) is 0.833. The van der Waals surface area contributed by atoms with E-state index < -0.39 is 0 Å². The van der Waals surface area contributed by atoms with Crippen molar-refractivity contribution in [2.24, 2.45) is 0 Å². The molecule has 0 heterocycles. The van der Waals surface area contributed by atoms with Crippen LogP contribution in [-0.2, 0) is 0 Å². The van der Waals surface area contributed by atoms with Gasteiger partial charge >= 0.3 is 0 Å². The summed E-state index contributed by atoms with van der Waals surface area (Å²) in [5, 5.41) is 13.4. The molecule has 0 aromatic carbocycles. The van der Waals surface area contributed by atoms with Crippen molar-refractivity contribution < 1.29 is 5.11 Å². The van der Waals surface area contributed by atoms with Crippen LogP contribution in [0.5, 0.6) is 0 Å². The lowest BCUT2D eigenvalue weighted by atomic mass is 9.90. The van der Waals surface area contributed by atoms with Gasteiger partial charge in [-0.05, 0) is 32.1 Å². The molecule has 2 rings (SSSR count). The van der Waals surface area contributed by atoms with Crippen molar-refractivity contribution >= 4 is 0 Å². The van der Waals surface area contributed by atoms with Gasteiger partial charge in [0.05, 0.1) is 6.10 Å². The Morgan fingerprint density at radius 2 is 1.93 bits per heavy atom. The molecule has 0 amide bonds. The number of aliphatic hydroxyl groups is 1. The first-order valence-electron chi connectivity index (χ1n) is 5.95. The second-order valence-electron chi connectivity index (χ2n) is 4.61. The molecule has 1 saturated carbocycles. The van der Waals surface area contributed by atoms with E-state index in [1.165, 1.54) is 25.7 Å².